The highest BCUT2D eigenvalue weighted by molar-refractivity contribution is 7.13. The molecule has 0 radical (unpaired) electrons. The third kappa shape index (κ3) is 3.15. The van der Waals surface area contributed by atoms with E-state index in [2.05, 4.69) is 4.98 Å². The maximum atomic E-state index is 10.6. The number of rotatable bonds is 4. The lowest BCUT2D eigenvalue weighted by Gasteiger charge is -2.31. The Morgan fingerprint density at radius 1 is 1.71 bits per heavy atom. The fourth-order valence-electron chi connectivity index (χ4n) is 1.68. The Morgan fingerprint density at radius 2 is 2.53 bits per heavy atom. The quantitative estimate of drug-likeness (QED) is 0.789. The summed E-state index contributed by atoms with van der Waals surface area (Å²) in [6.07, 6.45) is -0.236. The Kier molecular flexibility index (Phi) is 3.93. The van der Waals surface area contributed by atoms with Gasteiger partial charge in [-0.1, -0.05) is 0 Å². The third-order valence-electron chi connectivity index (χ3n) is 2.48. The number of hydrogen-bond acceptors (Lipinski definition) is 6. The van der Waals surface area contributed by atoms with Crippen LogP contribution in [0.3, 0.4) is 0 Å². The molecule has 1 atom stereocenters. The first-order valence-electron chi connectivity index (χ1n) is 5.32. The van der Waals surface area contributed by atoms with Crippen LogP contribution in [0.15, 0.2) is 5.38 Å². The number of aliphatic carboxylic acids is 1. The van der Waals surface area contributed by atoms with Crippen molar-refractivity contribution in [1.82, 2.24) is 4.98 Å². The van der Waals surface area contributed by atoms with E-state index in [9.17, 15) is 4.79 Å². The van der Waals surface area contributed by atoms with E-state index in [4.69, 9.17) is 14.9 Å². The second kappa shape index (κ2) is 5.44. The molecule has 6 nitrogen and oxygen atoms in total. The van der Waals surface area contributed by atoms with Crippen molar-refractivity contribution in [3.63, 3.8) is 0 Å². The lowest BCUT2D eigenvalue weighted by atomic mass is 10.3. The number of carbonyl (C=O) groups is 1. The van der Waals surface area contributed by atoms with Crippen LogP contribution in [0, 0.1) is 0 Å². The van der Waals surface area contributed by atoms with Crippen LogP contribution in [0.1, 0.15) is 5.69 Å². The van der Waals surface area contributed by atoms with Gasteiger partial charge in [-0.3, -0.25) is 4.79 Å². The molecule has 0 bridgehead atoms. The van der Waals surface area contributed by atoms with Crippen molar-refractivity contribution in [1.29, 1.82) is 0 Å². The van der Waals surface area contributed by atoms with E-state index in [1.165, 1.54) is 11.3 Å². The molecule has 94 valence electrons. The van der Waals surface area contributed by atoms with Gasteiger partial charge < -0.3 is 19.8 Å². The number of hydrogen-bond donors (Lipinski definition) is 2. The van der Waals surface area contributed by atoms with Gasteiger partial charge in [-0.05, 0) is 0 Å². The second-order valence-electron chi connectivity index (χ2n) is 3.81. The SMILES string of the molecule is O=C(O)Cc1csc(N2CCOC(CO)C2)n1. The van der Waals surface area contributed by atoms with E-state index >= 15 is 0 Å². The molecule has 17 heavy (non-hydrogen) atoms. The molecule has 0 aromatic carbocycles. The van der Waals surface area contributed by atoms with Crippen LogP contribution in [-0.4, -0.2) is 53.6 Å². The standard InChI is InChI=1S/C10H14N2O4S/c13-5-8-4-12(1-2-16-8)10-11-7(6-17-10)3-9(14)15/h6,8,13H,1-5H2,(H,14,15). The normalized spacial score (nSPS) is 20.5. The molecule has 0 spiro atoms. The molecule has 1 aliphatic rings. The van der Waals surface area contributed by atoms with Gasteiger partial charge in [-0.2, -0.15) is 0 Å². The zero-order chi connectivity index (χ0) is 12.3. The minimum atomic E-state index is -0.878. The predicted molar refractivity (Wildman–Crippen MR) is 62.5 cm³/mol. The number of thiazole rings is 1. The highest BCUT2D eigenvalue weighted by atomic mass is 32.1. The minimum absolute atomic E-state index is 0.0101. The Balaban J connectivity index is 2.01. The van der Waals surface area contributed by atoms with E-state index < -0.39 is 5.97 Å². The molecule has 2 heterocycles. The number of carboxylic acids is 1. The largest absolute Gasteiger partial charge is 0.481 e. The summed E-state index contributed by atoms with van der Waals surface area (Å²) in [6, 6.07) is 0. The van der Waals surface area contributed by atoms with Gasteiger partial charge in [0.2, 0.25) is 0 Å². The Hall–Kier alpha value is -1.18. The smallest absolute Gasteiger partial charge is 0.309 e. The van der Waals surface area contributed by atoms with Crippen molar-refractivity contribution in [3.05, 3.63) is 11.1 Å². The van der Waals surface area contributed by atoms with Crippen LogP contribution in [0.5, 0.6) is 0 Å². The van der Waals surface area contributed by atoms with Crippen molar-refractivity contribution in [2.75, 3.05) is 31.2 Å². The van der Waals surface area contributed by atoms with Crippen molar-refractivity contribution >= 4 is 22.4 Å². The fourth-order valence-corrected chi connectivity index (χ4v) is 2.54. The predicted octanol–water partition coefficient (Wildman–Crippen LogP) is -0.0323. The van der Waals surface area contributed by atoms with Crippen LogP contribution < -0.4 is 4.90 Å². The molecular formula is C10H14N2O4S. The van der Waals surface area contributed by atoms with Gasteiger partial charge in [0, 0.05) is 18.5 Å². The number of aromatic nitrogens is 1. The van der Waals surface area contributed by atoms with Crippen molar-refractivity contribution in [2.45, 2.75) is 12.5 Å². The molecule has 7 heteroatoms. The van der Waals surface area contributed by atoms with Gasteiger partial charge in [0.15, 0.2) is 5.13 Å². The highest BCUT2D eigenvalue weighted by Gasteiger charge is 2.22. The molecule has 1 unspecified atom stereocenters. The summed E-state index contributed by atoms with van der Waals surface area (Å²) in [5.74, 6) is -0.878. The van der Waals surface area contributed by atoms with Gasteiger partial charge >= 0.3 is 5.97 Å². The molecule has 2 rings (SSSR count). The first-order valence-corrected chi connectivity index (χ1v) is 6.20. The molecule has 0 aliphatic carbocycles. The number of aliphatic hydroxyl groups excluding tert-OH is 1. The Morgan fingerprint density at radius 3 is 3.24 bits per heavy atom. The number of morpholine rings is 1. The van der Waals surface area contributed by atoms with E-state index in [-0.39, 0.29) is 19.1 Å². The summed E-state index contributed by atoms with van der Waals surface area (Å²) in [6.45, 7) is 1.86. The van der Waals surface area contributed by atoms with Gasteiger partial charge in [0.05, 0.1) is 31.4 Å². The number of aliphatic hydroxyl groups is 1. The molecule has 0 saturated carbocycles. The van der Waals surface area contributed by atoms with Gasteiger partial charge in [-0.15, -0.1) is 11.3 Å². The average Bonchev–Trinajstić information content (AvgIpc) is 2.77. The molecule has 0 amide bonds. The molecule has 1 saturated heterocycles. The van der Waals surface area contributed by atoms with Crippen molar-refractivity contribution in [3.8, 4) is 0 Å². The zero-order valence-corrected chi connectivity index (χ0v) is 10.0. The van der Waals surface area contributed by atoms with E-state index in [0.717, 1.165) is 11.7 Å². The van der Waals surface area contributed by atoms with Gasteiger partial charge in [0.25, 0.3) is 0 Å². The number of ether oxygens (including phenoxy) is 1. The molecule has 1 aliphatic heterocycles. The van der Waals surface area contributed by atoms with Crippen LogP contribution in [0.25, 0.3) is 0 Å². The summed E-state index contributed by atoms with van der Waals surface area (Å²) in [4.78, 5) is 16.8. The third-order valence-corrected chi connectivity index (χ3v) is 3.44. The van der Waals surface area contributed by atoms with Crippen LogP contribution in [0.4, 0.5) is 5.13 Å². The van der Waals surface area contributed by atoms with Gasteiger partial charge in [-0.25, -0.2) is 4.98 Å². The molecular weight excluding hydrogens is 244 g/mol. The van der Waals surface area contributed by atoms with Crippen LogP contribution in [-0.2, 0) is 16.0 Å². The summed E-state index contributed by atoms with van der Waals surface area (Å²) in [5.41, 5.74) is 0.574. The lowest BCUT2D eigenvalue weighted by Crippen LogP contribution is -2.44. The van der Waals surface area contributed by atoms with Crippen molar-refractivity contribution < 1.29 is 19.7 Å². The van der Waals surface area contributed by atoms with Gasteiger partial charge in [0.1, 0.15) is 0 Å². The molecule has 1 aromatic heterocycles. The summed E-state index contributed by atoms with van der Waals surface area (Å²) in [5, 5.41) is 20.2. The van der Waals surface area contributed by atoms with E-state index in [0.29, 0.717) is 18.8 Å². The first kappa shape index (κ1) is 12.3. The highest BCUT2D eigenvalue weighted by Crippen LogP contribution is 2.22. The number of nitrogens with zero attached hydrogens (tertiary/aromatic N) is 2. The van der Waals surface area contributed by atoms with E-state index in [1.807, 2.05) is 4.90 Å². The van der Waals surface area contributed by atoms with Crippen molar-refractivity contribution in [2.24, 2.45) is 0 Å². The summed E-state index contributed by atoms with van der Waals surface area (Å²) >= 11 is 1.42. The van der Waals surface area contributed by atoms with Crippen LogP contribution in [0.2, 0.25) is 0 Å². The summed E-state index contributed by atoms with van der Waals surface area (Å²) < 4.78 is 5.34. The molecule has 1 aromatic rings. The number of carboxylic acid groups (broad SMARTS) is 1. The summed E-state index contributed by atoms with van der Waals surface area (Å²) in [7, 11) is 0. The average molecular weight is 258 g/mol. The second-order valence-corrected chi connectivity index (χ2v) is 4.65. The maximum absolute atomic E-state index is 10.6. The minimum Gasteiger partial charge on any atom is -0.481 e. The molecule has 1 fully saturated rings. The topological polar surface area (TPSA) is 82.9 Å². The van der Waals surface area contributed by atoms with E-state index in [1.54, 1.807) is 5.38 Å². The Bertz CT molecular complexity index is 395. The molecule has 2 N–H and O–H groups in total. The number of anilines is 1. The maximum Gasteiger partial charge on any atom is 0.309 e. The zero-order valence-electron chi connectivity index (χ0n) is 9.20. The Labute approximate surface area is 102 Å². The van der Waals surface area contributed by atoms with Crippen LogP contribution >= 0.6 is 11.3 Å². The lowest BCUT2D eigenvalue weighted by molar-refractivity contribution is -0.136. The monoisotopic (exact) mass is 258 g/mol. The fraction of sp³-hybridized carbons (Fsp3) is 0.600. The first-order chi connectivity index (χ1) is 8.19.